The van der Waals surface area contributed by atoms with Gasteiger partial charge in [0.2, 0.25) is 0 Å². The molecule has 236 valence electrons. The van der Waals surface area contributed by atoms with Crippen molar-refractivity contribution in [1.29, 1.82) is 0 Å². The lowest BCUT2D eigenvalue weighted by atomic mass is 9.98. The third-order valence-corrected chi connectivity index (χ3v) is 7.31. The molecule has 0 aromatic carbocycles. The maximum Gasteiger partial charge on any atom is 0.335 e. The summed E-state index contributed by atoms with van der Waals surface area (Å²) in [5.41, 5.74) is 0. The van der Waals surface area contributed by atoms with Crippen molar-refractivity contribution in [1.82, 2.24) is 0 Å². The first kappa shape index (κ1) is 38.4. The van der Waals surface area contributed by atoms with Gasteiger partial charge in [-0.25, -0.2) is 4.79 Å². The highest BCUT2D eigenvalue weighted by Crippen LogP contribution is 2.17. The summed E-state index contributed by atoms with van der Waals surface area (Å²) in [7, 11) is 0. The minimum Gasteiger partial charge on any atom is -0.466 e. The SMILES string of the molecule is CCCCCCCCCOC(=O)CC(C(=O)OCCCCCCCCC)C(O)C(=O)OCCCCCCCCC. The van der Waals surface area contributed by atoms with Crippen LogP contribution >= 0.6 is 0 Å². The molecule has 0 aromatic heterocycles. The number of aliphatic hydroxyl groups is 1. The van der Waals surface area contributed by atoms with Gasteiger partial charge in [0.25, 0.3) is 0 Å². The van der Waals surface area contributed by atoms with E-state index in [0.29, 0.717) is 12.8 Å². The minimum absolute atomic E-state index is 0.187. The lowest BCUT2D eigenvalue weighted by Crippen LogP contribution is -2.39. The number of hydrogen-bond donors (Lipinski definition) is 1. The number of esters is 3. The van der Waals surface area contributed by atoms with Gasteiger partial charge in [-0.05, 0) is 19.3 Å². The molecule has 2 unspecified atom stereocenters. The molecule has 40 heavy (non-hydrogen) atoms. The van der Waals surface area contributed by atoms with E-state index in [-0.39, 0.29) is 19.8 Å². The molecule has 2 atom stereocenters. The molecule has 0 rings (SSSR count). The summed E-state index contributed by atoms with van der Waals surface area (Å²) in [6, 6.07) is 0. The van der Waals surface area contributed by atoms with Crippen LogP contribution in [0.15, 0.2) is 0 Å². The van der Waals surface area contributed by atoms with Crippen LogP contribution in [0.25, 0.3) is 0 Å². The second kappa shape index (κ2) is 28.9. The van der Waals surface area contributed by atoms with Gasteiger partial charge in [-0.1, -0.05) is 136 Å². The van der Waals surface area contributed by atoms with Crippen LogP contribution in [0.3, 0.4) is 0 Å². The molecule has 0 saturated carbocycles. The standard InChI is InChI=1S/C33H62O7/c1-4-7-10-13-16-19-22-25-38-30(34)28-29(32(36)39-26-23-20-17-14-11-8-5-2)31(35)33(37)40-27-24-21-18-15-12-9-6-3/h29,31,35H,4-28H2,1-3H3. The van der Waals surface area contributed by atoms with E-state index >= 15 is 0 Å². The van der Waals surface area contributed by atoms with Crippen LogP contribution in [-0.2, 0) is 28.6 Å². The van der Waals surface area contributed by atoms with Crippen molar-refractivity contribution in [2.45, 2.75) is 168 Å². The Bertz CT molecular complexity index is 608. The Kier molecular flexibility index (Phi) is 27.7. The number of carbonyl (C=O) groups is 3. The molecule has 0 heterocycles. The molecule has 7 nitrogen and oxygen atoms in total. The molecule has 0 aliphatic heterocycles. The smallest absolute Gasteiger partial charge is 0.335 e. The lowest BCUT2D eigenvalue weighted by Gasteiger charge is -2.20. The molecule has 1 N–H and O–H groups in total. The van der Waals surface area contributed by atoms with Gasteiger partial charge >= 0.3 is 17.9 Å². The molecule has 0 spiro atoms. The number of aliphatic hydroxyl groups excluding tert-OH is 1. The number of rotatable bonds is 29. The monoisotopic (exact) mass is 570 g/mol. The first-order valence-electron chi connectivity index (χ1n) is 16.6. The summed E-state index contributed by atoms with van der Waals surface area (Å²) in [5.74, 6) is -3.57. The predicted molar refractivity (Wildman–Crippen MR) is 161 cm³/mol. The summed E-state index contributed by atoms with van der Waals surface area (Å²) in [5, 5.41) is 10.6. The van der Waals surface area contributed by atoms with Crippen LogP contribution in [0.2, 0.25) is 0 Å². The van der Waals surface area contributed by atoms with Crippen molar-refractivity contribution in [3.05, 3.63) is 0 Å². The van der Waals surface area contributed by atoms with Crippen molar-refractivity contribution in [3.8, 4) is 0 Å². The zero-order valence-electron chi connectivity index (χ0n) is 26.2. The summed E-state index contributed by atoms with van der Waals surface area (Å²) in [4.78, 5) is 37.8. The summed E-state index contributed by atoms with van der Waals surface area (Å²) >= 11 is 0. The first-order valence-corrected chi connectivity index (χ1v) is 16.6. The van der Waals surface area contributed by atoms with E-state index in [1.54, 1.807) is 0 Å². The molecular weight excluding hydrogens is 508 g/mol. The number of carbonyl (C=O) groups excluding carboxylic acids is 3. The topological polar surface area (TPSA) is 99.1 Å². The maximum atomic E-state index is 12.8. The third kappa shape index (κ3) is 23.1. The summed E-state index contributed by atoms with van der Waals surface area (Å²) in [6.45, 7) is 7.21. The maximum absolute atomic E-state index is 12.8. The molecule has 0 saturated heterocycles. The van der Waals surface area contributed by atoms with Crippen LogP contribution in [0.1, 0.15) is 162 Å². The van der Waals surface area contributed by atoms with Gasteiger partial charge in [0.1, 0.15) is 5.92 Å². The zero-order chi connectivity index (χ0) is 29.7. The molecule has 7 heteroatoms. The van der Waals surface area contributed by atoms with Gasteiger partial charge in [0.05, 0.1) is 26.2 Å². The Morgan fingerprint density at radius 3 is 1.20 bits per heavy atom. The first-order chi connectivity index (χ1) is 19.5. The Labute approximate surface area is 245 Å². The van der Waals surface area contributed by atoms with Crippen molar-refractivity contribution in [2.75, 3.05) is 19.8 Å². The lowest BCUT2D eigenvalue weighted by molar-refractivity contribution is -0.170. The molecule has 0 amide bonds. The van der Waals surface area contributed by atoms with E-state index in [1.165, 1.54) is 64.2 Å². The van der Waals surface area contributed by atoms with Crippen molar-refractivity contribution in [3.63, 3.8) is 0 Å². The van der Waals surface area contributed by atoms with Crippen molar-refractivity contribution >= 4 is 17.9 Å². The molecular formula is C33H62O7. The second-order valence-corrected chi connectivity index (χ2v) is 11.2. The Morgan fingerprint density at radius 1 is 0.475 bits per heavy atom. The molecule has 0 bridgehead atoms. The van der Waals surface area contributed by atoms with Gasteiger partial charge in [0, 0.05) is 0 Å². The van der Waals surface area contributed by atoms with E-state index in [4.69, 9.17) is 14.2 Å². The Balaban J connectivity index is 4.60. The fourth-order valence-electron chi connectivity index (χ4n) is 4.63. The fourth-order valence-corrected chi connectivity index (χ4v) is 4.63. The van der Waals surface area contributed by atoms with Gasteiger partial charge in [-0.3, -0.25) is 9.59 Å². The predicted octanol–water partition coefficient (Wildman–Crippen LogP) is 8.24. The van der Waals surface area contributed by atoms with Crippen LogP contribution < -0.4 is 0 Å². The van der Waals surface area contributed by atoms with E-state index in [0.717, 1.165) is 57.8 Å². The van der Waals surface area contributed by atoms with Crippen LogP contribution in [-0.4, -0.2) is 48.9 Å². The molecule has 0 aliphatic rings. The van der Waals surface area contributed by atoms with Crippen molar-refractivity contribution < 1.29 is 33.7 Å². The average molecular weight is 571 g/mol. The van der Waals surface area contributed by atoms with Crippen LogP contribution in [0.4, 0.5) is 0 Å². The van der Waals surface area contributed by atoms with E-state index in [1.807, 2.05) is 0 Å². The van der Waals surface area contributed by atoms with Gasteiger partial charge in [-0.2, -0.15) is 0 Å². The van der Waals surface area contributed by atoms with Gasteiger partial charge in [0.15, 0.2) is 6.10 Å². The van der Waals surface area contributed by atoms with Gasteiger partial charge in [-0.15, -0.1) is 0 Å². The molecule has 0 fully saturated rings. The van der Waals surface area contributed by atoms with E-state index in [2.05, 4.69) is 20.8 Å². The normalized spacial score (nSPS) is 12.6. The highest BCUT2D eigenvalue weighted by molar-refractivity contribution is 5.87. The van der Waals surface area contributed by atoms with E-state index < -0.39 is 36.4 Å². The second-order valence-electron chi connectivity index (χ2n) is 11.2. The van der Waals surface area contributed by atoms with E-state index in [9.17, 15) is 19.5 Å². The van der Waals surface area contributed by atoms with Crippen LogP contribution in [0, 0.1) is 5.92 Å². The number of hydrogen-bond acceptors (Lipinski definition) is 7. The van der Waals surface area contributed by atoms with Gasteiger partial charge < -0.3 is 19.3 Å². The Morgan fingerprint density at radius 2 is 0.800 bits per heavy atom. The zero-order valence-corrected chi connectivity index (χ0v) is 26.2. The molecule has 0 aliphatic carbocycles. The highest BCUT2D eigenvalue weighted by atomic mass is 16.6. The van der Waals surface area contributed by atoms with Crippen molar-refractivity contribution in [2.24, 2.45) is 5.92 Å². The molecule has 0 radical (unpaired) electrons. The largest absolute Gasteiger partial charge is 0.466 e. The third-order valence-electron chi connectivity index (χ3n) is 7.31. The number of ether oxygens (including phenoxy) is 3. The van der Waals surface area contributed by atoms with Crippen LogP contribution in [0.5, 0.6) is 0 Å². The molecule has 0 aromatic rings. The fraction of sp³-hybridized carbons (Fsp3) is 0.909. The quantitative estimate of drug-likeness (QED) is 0.0549. The number of unbranched alkanes of at least 4 members (excludes halogenated alkanes) is 18. The minimum atomic E-state index is -1.75. The summed E-state index contributed by atoms with van der Waals surface area (Å²) in [6.07, 6.45) is 20.7. The average Bonchev–Trinajstić information content (AvgIpc) is 2.95. The highest BCUT2D eigenvalue weighted by Gasteiger charge is 2.37. The summed E-state index contributed by atoms with van der Waals surface area (Å²) < 4.78 is 15.9. The Hall–Kier alpha value is -1.63.